The molecule has 178 valence electrons. The Bertz CT molecular complexity index is 1470. The molecule has 10 nitrogen and oxygen atoms in total. The summed E-state index contributed by atoms with van der Waals surface area (Å²) in [6.45, 7) is 0.494. The van der Waals surface area contributed by atoms with Crippen LogP contribution in [0.15, 0.2) is 60.0 Å². The van der Waals surface area contributed by atoms with Gasteiger partial charge in [-0.2, -0.15) is 0 Å². The van der Waals surface area contributed by atoms with Crippen molar-refractivity contribution in [1.29, 1.82) is 0 Å². The van der Waals surface area contributed by atoms with Gasteiger partial charge in [-0.3, -0.25) is 9.59 Å². The van der Waals surface area contributed by atoms with Gasteiger partial charge in [0, 0.05) is 36.8 Å². The van der Waals surface area contributed by atoms with Crippen LogP contribution in [0.4, 0.5) is 11.6 Å². The highest BCUT2D eigenvalue weighted by atomic mass is 16.5. The molecule has 0 aromatic carbocycles. The molecule has 2 atom stereocenters. The van der Waals surface area contributed by atoms with Crippen molar-refractivity contribution in [2.75, 3.05) is 17.7 Å². The van der Waals surface area contributed by atoms with Gasteiger partial charge in [0.2, 0.25) is 5.91 Å². The zero-order chi connectivity index (χ0) is 23.9. The Kier molecular flexibility index (Phi) is 5.20. The highest BCUT2D eigenvalue weighted by Gasteiger charge is 2.45. The second-order valence-electron chi connectivity index (χ2n) is 9.09. The number of carbonyl (C=O) groups is 1. The average molecular weight is 472 g/mol. The first-order valence-corrected chi connectivity index (χ1v) is 11.7. The van der Waals surface area contributed by atoms with Gasteiger partial charge in [-0.15, -0.1) is 0 Å². The number of imidazole rings is 1. The van der Waals surface area contributed by atoms with Crippen LogP contribution in [0.25, 0.3) is 5.65 Å². The zero-order valence-corrected chi connectivity index (χ0v) is 19.2. The van der Waals surface area contributed by atoms with Gasteiger partial charge in [0.1, 0.15) is 29.4 Å². The summed E-state index contributed by atoms with van der Waals surface area (Å²) in [4.78, 5) is 38.0. The predicted octanol–water partition coefficient (Wildman–Crippen LogP) is 2.98. The van der Waals surface area contributed by atoms with E-state index in [4.69, 9.17) is 4.74 Å². The summed E-state index contributed by atoms with van der Waals surface area (Å²) in [5.41, 5.74) is 3.01. The van der Waals surface area contributed by atoms with Gasteiger partial charge in [-0.1, -0.05) is 6.07 Å². The number of rotatable bonds is 8. The molecule has 4 heterocycles. The Morgan fingerprint density at radius 1 is 1.11 bits per heavy atom. The highest BCUT2D eigenvalue weighted by molar-refractivity contribution is 5.94. The molecule has 2 fully saturated rings. The quantitative estimate of drug-likeness (QED) is 0.406. The number of hydrogen-bond donors (Lipinski definition) is 2. The van der Waals surface area contributed by atoms with Crippen LogP contribution in [0.5, 0.6) is 5.75 Å². The van der Waals surface area contributed by atoms with E-state index in [1.54, 1.807) is 30.0 Å². The molecule has 6 rings (SSSR count). The molecule has 0 radical (unpaired) electrons. The van der Waals surface area contributed by atoms with E-state index in [2.05, 4.69) is 48.3 Å². The lowest BCUT2D eigenvalue weighted by Crippen LogP contribution is -2.22. The van der Waals surface area contributed by atoms with E-state index in [9.17, 15) is 9.59 Å². The summed E-state index contributed by atoms with van der Waals surface area (Å²) in [5.74, 6) is 1.78. The summed E-state index contributed by atoms with van der Waals surface area (Å²) in [5, 5.41) is 6.09. The Morgan fingerprint density at radius 2 is 1.97 bits per heavy atom. The zero-order valence-electron chi connectivity index (χ0n) is 19.2. The number of nitrogens with one attached hydrogen (secondary N) is 2. The normalized spacial score (nSPS) is 18.9. The minimum absolute atomic E-state index is 0.157. The van der Waals surface area contributed by atoms with Crippen molar-refractivity contribution in [3.05, 3.63) is 76.9 Å². The van der Waals surface area contributed by atoms with Crippen LogP contribution in [-0.4, -0.2) is 36.9 Å². The first-order valence-electron chi connectivity index (χ1n) is 11.7. The highest BCUT2D eigenvalue weighted by Crippen LogP contribution is 2.43. The lowest BCUT2D eigenvalue weighted by molar-refractivity contribution is -0.117. The van der Waals surface area contributed by atoms with E-state index in [1.165, 1.54) is 30.8 Å². The number of ether oxygens (including phenoxy) is 1. The number of anilines is 2. The summed E-state index contributed by atoms with van der Waals surface area (Å²) in [7, 11) is 1.54. The first kappa shape index (κ1) is 21.3. The number of carbonyl (C=O) groups excluding carboxylic acids is 1. The molecule has 2 N–H and O–H groups in total. The van der Waals surface area contributed by atoms with Crippen molar-refractivity contribution >= 4 is 23.2 Å². The molecule has 4 aromatic rings. The van der Waals surface area contributed by atoms with Crippen LogP contribution in [0.3, 0.4) is 0 Å². The van der Waals surface area contributed by atoms with Crippen molar-refractivity contribution in [3.63, 3.8) is 0 Å². The van der Waals surface area contributed by atoms with Gasteiger partial charge in [-0.05, 0) is 42.9 Å². The molecule has 2 unspecified atom stereocenters. The summed E-state index contributed by atoms with van der Waals surface area (Å²) in [6.07, 6.45) is 10.3. The lowest BCUT2D eigenvalue weighted by Gasteiger charge is -2.09. The van der Waals surface area contributed by atoms with Crippen LogP contribution in [0.1, 0.15) is 42.5 Å². The second kappa shape index (κ2) is 8.53. The molecule has 0 bridgehead atoms. The number of pyridine rings is 2. The van der Waals surface area contributed by atoms with Crippen LogP contribution in [0.2, 0.25) is 0 Å². The maximum Gasteiger partial charge on any atom is 0.251 e. The molecule has 0 saturated heterocycles. The van der Waals surface area contributed by atoms with Crippen molar-refractivity contribution in [2.45, 2.75) is 37.8 Å². The molecule has 4 aromatic heterocycles. The van der Waals surface area contributed by atoms with E-state index in [-0.39, 0.29) is 23.4 Å². The maximum absolute atomic E-state index is 12.7. The fourth-order valence-corrected chi connectivity index (χ4v) is 4.36. The minimum atomic E-state index is -0.301. The summed E-state index contributed by atoms with van der Waals surface area (Å²) < 4.78 is 8.81. The number of hydrogen-bond acceptors (Lipinski definition) is 7. The molecule has 10 heteroatoms. The molecule has 0 aliphatic heterocycles. The topological polar surface area (TPSA) is 115 Å². The Hall–Kier alpha value is -4.21. The van der Waals surface area contributed by atoms with Gasteiger partial charge >= 0.3 is 0 Å². The van der Waals surface area contributed by atoms with Gasteiger partial charge in [0.25, 0.3) is 5.56 Å². The molecule has 1 amide bonds. The van der Waals surface area contributed by atoms with Gasteiger partial charge in [0.05, 0.1) is 25.3 Å². The van der Waals surface area contributed by atoms with E-state index in [0.29, 0.717) is 36.3 Å². The number of methoxy groups -OCH3 is 1. The Labute approximate surface area is 201 Å². The SMILES string of the molecule is COc1ccc(=O)n(C2CC2C(=O)Nc2cc(NCc3cn4cc(C5CC5)ccc4n3)ncn2)c1. The third-order valence-electron chi connectivity index (χ3n) is 6.54. The van der Waals surface area contributed by atoms with E-state index >= 15 is 0 Å². The Balaban J connectivity index is 1.08. The van der Waals surface area contributed by atoms with Crippen LogP contribution in [-0.2, 0) is 11.3 Å². The third kappa shape index (κ3) is 4.46. The van der Waals surface area contributed by atoms with Crippen LogP contribution >= 0.6 is 0 Å². The maximum atomic E-state index is 12.7. The average Bonchev–Trinajstić information content (AvgIpc) is 3.79. The fraction of sp³-hybridized carbons (Fsp3) is 0.320. The molecule has 2 saturated carbocycles. The van der Waals surface area contributed by atoms with Gasteiger partial charge in [0.15, 0.2) is 0 Å². The third-order valence-corrected chi connectivity index (χ3v) is 6.54. The standard InChI is InChI=1S/C25H25N7O3/c1-35-18-5-7-24(33)32(13-18)20-8-19(20)25(34)30-22-9-21(27-14-28-22)26-10-17-12-31-11-16(15-2-3-15)4-6-23(31)29-17/h4-7,9,11-15,19-20H,2-3,8,10H2,1H3,(H2,26,27,28,30,34). The van der Waals surface area contributed by atoms with E-state index < -0.39 is 0 Å². The monoisotopic (exact) mass is 471 g/mol. The minimum Gasteiger partial charge on any atom is -0.495 e. The number of amides is 1. The lowest BCUT2D eigenvalue weighted by atomic mass is 10.2. The first-order chi connectivity index (χ1) is 17.1. The number of nitrogens with zero attached hydrogens (tertiary/aromatic N) is 5. The molecule has 2 aliphatic rings. The van der Waals surface area contributed by atoms with E-state index in [0.717, 1.165) is 11.3 Å². The smallest absolute Gasteiger partial charge is 0.251 e. The molecule has 0 spiro atoms. The molecular weight excluding hydrogens is 446 g/mol. The fourth-order valence-electron chi connectivity index (χ4n) is 4.36. The van der Waals surface area contributed by atoms with Crippen molar-refractivity contribution in [1.82, 2.24) is 23.9 Å². The summed E-state index contributed by atoms with van der Waals surface area (Å²) in [6, 6.07) is 8.78. The number of aromatic nitrogens is 5. The molecular formula is C25H25N7O3. The second-order valence-corrected chi connectivity index (χ2v) is 9.09. The molecule has 35 heavy (non-hydrogen) atoms. The van der Waals surface area contributed by atoms with Crippen molar-refractivity contribution < 1.29 is 9.53 Å². The largest absolute Gasteiger partial charge is 0.495 e. The molecule has 2 aliphatic carbocycles. The van der Waals surface area contributed by atoms with Crippen molar-refractivity contribution in [3.8, 4) is 5.75 Å². The van der Waals surface area contributed by atoms with Crippen LogP contribution < -0.4 is 20.9 Å². The van der Waals surface area contributed by atoms with Crippen LogP contribution in [0, 0.1) is 5.92 Å². The van der Waals surface area contributed by atoms with E-state index in [1.807, 2.05) is 6.20 Å². The predicted molar refractivity (Wildman–Crippen MR) is 130 cm³/mol. The Morgan fingerprint density at radius 3 is 2.80 bits per heavy atom. The van der Waals surface area contributed by atoms with Crippen molar-refractivity contribution in [2.24, 2.45) is 5.92 Å². The summed E-state index contributed by atoms with van der Waals surface area (Å²) >= 11 is 0. The number of fused-ring (bicyclic) bond motifs is 1. The van der Waals surface area contributed by atoms with Gasteiger partial charge in [-0.25, -0.2) is 15.0 Å². The van der Waals surface area contributed by atoms with Gasteiger partial charge < -0.3 is 24.3 Å².